The van der Waals surface area contributed by atoms with Crippen LogP contribution in [-0.2, 0) is 50.0 Å². The molecule has 5 atom stereocenters. The minimum atomic E-state index is -5.08. The molecule has 2 aliphatic heterocycles. The summed E-state index contributed by atoms with van der Waals surface area (Å²) < 4.78 is 53.7. The summed E-state index contributed by atoms with van der Waals surface area (Å²) in [6.07, 6.45) is -6.63. The number of aromatic hydroxyl groups is 1. The number of carboxylic acid groups (broad SMARTS) is 2. The number of likely N-dealkylation sites (tertiary alicyclic amines) is 1. The molecule has 2 bridgehead atoms. The quantitative estimate of drug-likeness (QED) is 0.219. The van der Waals surface area contributed by atoms with E-state index < -0.39 is 78.5 Å². The van der Waals surface area contributed by atoms with Gasteiger partial charge in [0.05, 0.1) is 36.9 Å². The van der Waals surface area contributed by atoms with Gasteiger partial charge in [0.1, 0.15) is 5.76 Å². The number of phenolic OH excluding ortho intramolecular Hbond substituents is 1. The van der Waals surface area contributed by atoms with Crippen LogP contribution >= 0.6 is 0 Å². The van der Waals surface area contributed by atoms with E-state index in [2.05, 4.69) is 4.90 Å². The van der Waals surface area contributed by atoms with Crippen LogP contribution < -0.4 is 4.74 Å². The van der Waals surface area contributed by atoms with Crippen molar-refractivity contribution in [2.45, 2.75) is 80.9 Å². The maximum atomic E-state index is 13.3. The number of carbonyl (C=O) groups is 5. The number of hydrogen-bond donors (Lipinski definition) is 4. The first-order valence-electron chi connectivity index (χ1n) is 14.2. The van der Waals surface area contributed by atoms with Crippen molar-refractivity contribution in [1.29, 1.82) is 0 Å². The van der Waals surface area contributed by atoms with Gasteiger partial charge in [-0.2, -0.15) is 13.2 Å². The average Bonchev–Trinajstić information content (AvgIpc) is 3.32. The van der Waals surface area contributed by atoms with Crippen LogP contribution in [0.25, 0.3) is 0 Å². The Kier molecular flexibility index (Phi) is 9.59. The number of esters is 3. The highest BCUT2D eigenvalue weighted by molar-refractivity contribution is 5.86. The van der Waals surface area contributed by atoms with Crippen molar-refractivity contribution < 1.29 is 76.5 Å². The molecule has 4 N–H and O–H groups in total. The van der Waals surface area contributed by atoms with Crippen molar-refractivity contribution in [1.82, 2.24) is 4.90 Å². The molecule has 0 radical (unpaired) electrons. The van der Waals surface area contributed by atoms with Gasteiger partial charge in [-0.1, -0.05) is 6.07 Å². The second-order valence-electron chi connectivity index (χ2n) is 11.2. The van der Waals surface area contributed by atoms with Gasteiger partial charge in [0.15, 0.2) is 17.6 Å². The van der Waals surface area contributed by atoms with Crippen LogP contribution in [0.2, 0.25) is 0 Å². The fraction of sp³-hybridized carbons (Fsp3) is 0.552. The standard InChI is InChI=1S/C27H31NO11.C2HF3O2/c1-3-36-21(33)13-17(37-20(32)7-6-19(30)31)25(34)38-16-8-9-27(35)18-12-14-4-5-15(29)23-22(14)26(27,24(16)39-23)10-11-28(18)2;3-2(4,5)1(6)7/h4-5,8,17-18,24,29,35H,3,6-7,9-13H2,1-2H3,(H,30,31);(H,6,7)/t17?,18-,24+,26+,27-;/m1./s1. The van der Waals surface area contributed by atoms with Gasteiger partial charge < -0.3 is 44.3 Å². The molecule has 0 aromatic heterocycles. The Morgan fingerprint density at radius 3 is 2.41 bits per heavy atom. The fourth-order valence-corrected chi connectivity index (χ4v) is 6.59. The van der Waals surface area contributed by atoms with Crippen LogP contribution in [0.5, 0.6) is 11.5 Å². The summed E-state index contributed by atoms with van der Waals surface area (Å²) in [5.41, 5.74) is -0.610. The molecule has 1 saturated heterocycles. The molecule has 14 nitrogen and oxygen atoms in total. The summed E-state index contributed by atoms with van der Waals surface area (Å²) in [6.45, 7) is 2.25. The van der Waals surface area contributed by atoms with E-state index in [1.165, 1.54) is 0 Å². The Bertz CT molecular complexity index is 1460. The minimum Gasteiger partial charge on any atom is -0.504 e. The van der Waals surface area contributed by atoms with E-state index in [1.807, 2.05) is 13.1 Å². The van der Waals surface area contributed by atoms with Gasteiger partial charge in [0, 0.05) is 18.0 Å². The monoisotopic (exact) mass is 659 g/mol. The number of aliphatic carboxylic acids is 2. The molecular weight excluding hydrogens is 627 g/mol. The third kappa shape index (κ3) is 6.20. The molecule has 1 unspecified atom stereocenters. The van der Waals surface area contributed by atoms with Crippen LogP contribution in [-0.4, -0.2) is 105 Å². The summed E-state index contributed by atoms with van der Waals surface area (Å²) in [7, 11) is 1.95. The SMILES string of the molecule is CCOC(=O)CC(OC(=O)CCC(=O)O)C(=O)OC1=CC[C@@]2(O)[C@H]3Cc4ccc(O)c5c4[C@@]2(CCN3C)[C@H]1O5.O=C(O)C(F)(F)F. The van der Waals surface area contributed by atoms with Crippen LogP contribution in [0.4, 0.5) is 13.2 Å². The first-order valence-corrected chi connectivity index (χ1v) is 14.2. The van der Waals surface area contributed by atoms with Crippen LogP contribution in [0, 0.1) is 0 Å². The molecule has 5 rings (SSSR count). The molecular formula is C29H32F3NO13. The summed E-state index contributed by atoms with van der Waals surface area (Å²) >= 11 is 0. The number of piperidine rings is 1. The first-order chi connectivity index (χ1) is 21.5. The van der Waals surface area contributed by atoms with Crippen LogP contribution in [0.1, 0.15) is 50.2 Å². The number of ether oxygens (including phenoxy) is 4. The van der Waals surface area contributed by atoms with Gasteiger partial charge in [0.25, 0.3) is 0 Å². The lowest BCUT2D eigenvalue weighted by Crippen LogP contribution is -2.74. The first kappa shape index (κ1) is 34.5. The molecule has 1 aromatic rings. The molecule has 4 aliphatic rings. The van der Waals surface area contributed by atoms with E-state index in [9.17, 15) is 42.6 Å². The van der Waals surface area contributed by atoms with Gasteiger partial charge in [-0.25, -0.2) is 9.59 Å². The zero-order valence-electron chi connectivity index (χ0n) is 24.7. The molecule has 46 heavy (non-hydrogen) atoms. The van der Waals surface area contributed by atoms with Crippen molar-refractivity contribution in [2.75, 3.05) is 20.2 Å². The van der Waals surface area contributed by atoms with Gasteiger partial charge in [-0.3, -0.25) is 14.4 Å². The summed E-state index contributed by atoms with van der Waals surface area (Å²) in [4.78, 5) is 59.5. The Hall–Kier alpha value is -4.38. The largest absolute Gasteiger partial charge is 0.504 e. The molecule has 0 amide bonds. The Balaban J connectivity index is 0.000000617. The number of phenols is 1. The highest BCUT2D eigenvalue weighted by Crippen LogP contribution is 2.65. The number of carboxylic acids is 2. The summed E-state index contributed by atoms with van der Waals surface area (Å²) in [5, 5.41) is 38.8. The van der Waals surface area contributed by atoms with E-state index in [-0.39, 0.29) is 36.3 Å². The van der Waals surface area contributed by atoms with Crippen molar-refractivity contribution in [3.05, 3.63) is 35.1 Å². The van der Waals surface area contributed by atoms with E-state index in [1.54, 1.807) is 19.1 Å². The smallest absolute Gasteiger partial charge is 0.490 e. The summed E-state index contributed by atoms with van der Waals surface area (Å²) in [6, 6.07) is 3.13. The van der Waals surface area contributed by atoms with Gasteiger partial charge in [0.2, 0.25) is 6.10 Å². The zero-order valence-corrected chi connectivity index (χ0v) is 24.7. The molecule has 2 heterocycles. The minimum absolute atomic E-state index is 0.0371. The lowest BCUT2D eigenvalue weighted by atomic mass is 9.50. The van der Waals surface area contributed by atoms with E-state index in [0.29, 0.717) is 24.9 Å². The number of nitrogens with zero attached hydrogens (tertiary/aromatic N) is 1. The number of benzene rings is 1. The van der Waals surface area contributed by atoms with E-state index in [4.69, 9.17) is 34.0 Å². The average molecular weight is 660 g/mol. The third-order valence-electron chi connectivity index (χ3n) is 8.55. The topological polar surface area (TPSA) is 206 Å². The number of rotatable bonds is 9. The molecule has 1 aromatic carbocycles. The Morgan fingerprint density at radius 2 is 1.80 bits per heavy atom. The number of alkyl halides is 3. The van der Waals surface area contributed by atoms with Crippen LogP contribution in [0.15, 0.2) is 24.0 Å². The second kappa shape index (κ2) is 12.8. The van der Waals surface area contributed by atoms with Gasteiger partial charge in [-0.15, -0.1) is 0 Å². The Morgan fingerprint density at radius 1 is 1.13 bits per heavy atom. The van der Waals surface area contributed by atoms with Crippen molar-refractivity contribution in [3.63, 3.8) is 0 Å². The van der Waals surface area contributed by atoms with Gasteiger partial charge >= 0.3 is 36.0 Å². The molecule has 252 valence electrons. The second-order valence-corrected chi connectivity index (χ2v) is 11.2. The summed E-state index contributed by atoms with van der Waals surface area (Å²) in [5.74, 6) is -6.61. The predicted molar refractivity (Wildman–Crippen MR) is 144 cm³/mol. The molecule has 17 heteroatoms. The normalized spacial score (nSPS) is 26.2. The molecule has 2 aliphatic carbocycles. The predicted octanol–water partition coefficient (Wildman–Crippen LogP) is 1.58. The van der Waals surface area contributed by atoms with E-state index in [0.717, 1.165) is 5.56 Å². The fourth-order valence-electron chi connectivity index (χ4n) is 6.59. The van der Waals surface area contributed by atoms with Crippen molar-refractivity contribution in [2.24, 2.45) is 0 Å². The van der Waals surface area contributed by atoms with Crippen molar-refractivity contribution in [3.8, 4) is 11.5 Å². The number of halogens is 3. The lowest BCUT2D eigenvalue weighted by molar-refractivity contribution is -0.192. The Labute approximate surface area is 259 Å². The molecule has 0 saturated carbocycles. The number of hydrogen-bond acceptors (Lipinski definition) is 12. The van der Waals surface area contributed by atoms with Crippen molar-refractivity contribution >= 4 is 29.8 Å². The lowest BCUT2D eigenvalue weighted by Gasteiger charge is -2.61. The van der Waals surface area contributed by atoms with E-state index >= 15 is 0 Å². The maximum Gasteiger partial charge on any atom is 0.490 e. The highest BCUT2D eigenvalue weighted by atomic mass is 19.4. The maximum absolute atomic E-state index is 13.3. The third-order valence-corrected chi connectivity index (χ3v) is 8.55. The van der Waals surface area contributed by atoms with Gasteiger partial charge in [-0.05, 0) is 51.1 Å². The molecule has 1 spiro atoms. The van der Waals surface area contributed by atoms with Crippen LogP contribution in [0.3, 0.4) is 0 Å². The zero-order chi connectivity index (χ0) is 34.2. The number of carbonyl (C=O) groups excluding carboxylic acids is 3. The highest BCUT2D eigenvalue weighted by Gasteiger charge is 2.72. The number of aliphatic hydroxyl groups is 1. The number of likely N-dealkylation sites (N-methyl/N-ethyl adjacent to an activating group) is 1. The molecule has 1 fully saturated rings.